The van der Waals surface area contributed by atoms with Crippen molar-refractivity contribution in [1.82, 2.24) is 0 Å². The van der Waals surface area contributed by atoms with Crippen molar-refractivity contribution in [3.8, 4) is 0 Å². The van der Waals surface area contributed by atoms with Gasteiger partial charge in [0.25, 0.3) is 0 Å². The summed E-state index contributed by atoms with van der Waals surface area (Å²) in [7, 11) is -1.88. The summed E-state index contributed by atoms with van der Waals surface area (Å²) in [5, 5.41) is 2.55. The van der Waals surface area contributed by atoms with Gasteiger partial charge < -0.3 is 0 Å². The first kappa shape index (κ1) is 42.2. The van der Waals surface area contributed by atoms with Crippen LogP contribution < -0.4 is 21.9 Å². The third-order valence-electron chi connectivity index (χ3n) is 11.6. The van der Waals surface area contributed by atoms with Gasteiger partial charge in [-0.25, -0.2) is 0 Å². The van der Waals surface area contributed by atoms with Crippen molar-refractivity contribution in [3.05, 3.63) is 241 Å². The first-order valence-electron chi connectivity index (χ1n) is 21.7. The Morgan fingerprint density at radius 1 is 0.377 bits per heavy atom. The van der Waals surface area contributed by atoms with Gasteiger partial charge in [-0.2, -0.15) is 0 Å². The molecule has 8 aromatic carbocycles. The van der Waals surface area contributed by atoms with Gasteiger partial charge in [-0.3, -0.25) is 0 Å². The predicted molar refractivity (Wildman–Crippen MR) is 281 cm³/mol. The van der Waals surface area contributed by atoms with E-state index in [-0.39, 0.29) is 21.3 Å². The number of fused-ring (bicyclic) bond motifs is 1. The molecular weight excluding hydrogens is 768 g/mol. The van der Waals surface area contributed by atoms with Gasteiger partial charge >= 0.3 is 291 Å². The average molecular weight is 825 g/mol. The summed E-state index contributed by atoms with van der Waals surface area (Å²) >= 11 is 0. The Morgan fingerprint density at radius 3 is 1.02 bits per heavy atom. The molecule has 0 heterocycles. The second-order valence-corrected chi connectivity index (χ2v) is 25.7. The van der Waals surface area contributed by atoms with Gasteiger partial charge in [0.2, 0.25) is 0 Å². The van der Waals surface area contributed by atoms with E-state index in [1.54, 1.807) is 0 Å². The number of allylic oxidation sites excluding steroid dienone is 2. The Morgan fingerprint density at radius 2 is 0.689 bits per heavy atom. The van der Waals surface area contributed by atoms with Crippen LogP contribution in [0.15, 0.2) is 218 Å². The predicted octanol–water partition coefficient (Wildman–Crippen LogP) is 11.7. The van der Waals surface area contributed by atoms with Crippen LogP contribution in [0.2, 0.25) is 0 Å². The molecule has 300 valence electrons. The number of hydrogen-bond donors (Lipinski definition) is 0. The SMILES string of the molecule is CP(C)C/C(=C(\B(c1ccccc1)c1ccccc1)c1ccccc1)c1ccc2cc(/C(C[PH](C)(C)C)=C(/B(c3ccccc3)c3ccccc3)c3ccccc3)ccc2c1. The van der Waals surface area contributed by atoms with E-state index in [0.29, 0.717) is 0 Å². The first-order chi connectivity index (χ1) is 29.7. The molecule has 0 spiro atoms. The molecule has 0 saturated heterocycles. The number of benzene rings is 8. The molecule has 0 aromatic heterocycles. The molecule has 0 unspecified atom stereocenters. The third-order valence-corrected chi connectivity index (χ3v) is 14.0. The van der Waals surface area contributed by atoms with Crippen molar-refractivity contribution in [2.24, 2.45) is 0 Å². The zero-order valence-electron chi connectivity index (χ0n) is 36.3. The van der Waals surface area contributed by atoms with Crippen molar-refractivity contribution < 1.29 is 0 Å². The Labute approximate surface area is 367 Å². The summed E-state index contributed by atoms with van der Waals surface area (Å²) < 4.78 is 0. The van der Waals surface area contributed by atoms with Crippen LogP contribution in [0, 0.1) is 0 Å². The second kappa shape index (κ2) is 19.5. The Kier molecular flexibility index (Phi) is 13.5. The van der Waals surface area contributed by atoms with Gasteiger partial charge in [-0.15, -0.1) is 0 Å². The van der Waals surface area contributed by atoms with Crippen LogP contribution in [0.25, 0.3) is 32.9 Å². The minimum absolute atomic E-state index is 0.0819. The van der Waals surface area contributed by atoms with E-state index in [9.17, 15) is 0 Å². The van der Waals surface area contributed by atoms with Gasteiger partial charge in [-0.1, -0.05) is 78.9 Å². The molecule has 0 atom stereocenters. The monoisotopic (exact) mass is 824 g/mol. The minimum atomic E-state index is -1.63. The Bertz CT molecular complexity index is 2650. The van der Waals surface area contributed by atoms with E-state index in [2.05, 4.69) is 252 Å². The molecule has 0 fully saturated rings. The van der Waals surface area contributed by atoms with Crippen LogP contribution in [-0.2, 0) is 0 Å². The van der Waals surface area contributed by atoms with E-state index < -0.39 is 7.26 Å². The topological polar surface area (TPSA) is 0 Å². The van der Waals surface area contributed by atoms with Crippen LogP contribution in [0.1, 0.15) is 22.3 Å². The summed E-state index contributed by atoms with van der Waals surface area (Å²) in [6.45, 7) is 12.5. The van der Waals surface area contributed by atoms with Crippen LogP contribution >= 0.6 is 15.2 Å². The molecule has 8 rings (SSSR count). The second-order valence-electron chi connectivity index (χ2n) is 17.8. The van der Waals surface area contributed by atoms with Crippen LogP contribution in [-0.4, -0.2) is 59.1 Å². The van der Waals surface area contributed by atoms with Crippen molar-refractivity contribution in [3.63, 3.8) is 0 Å². The molecule has 0 bridgehead atoms. The van der Waals surface area contributed by atoms with Gasteiger partial charge in [0.05, 0.1) is 0 Å². The molecule has 4 heteroatoms. The average Bonchev–Trinajstić information content (AvgIpc) is 3.29. The van der Waals surface area contributed by atoms with Crippen LogP contribution in [0.5, 0.6) is 0 Å². The molecule has 8 aromatic rings. The zero-order valence-corrected chi connectivity index (χ0v) is 38.2. The maximum absolute atomic E-state index is 2.51. The quantitative estimate of drug-likeness (QED) is 0.0582. The van der Waals surface area contributed by atoms with E-state index >= 15 is 0 Å². The van der Waals surface area contributed by atoms with Crippen LogP contribution in [0.3, 0.4) is 0 Å². The van der Waals surface area contributed by atoms with E-state index in [0.717, 1.165) is 12.3 Å². The van der Waals surface area contributed by atoms with E-state index in [4.69, 9.17) is 0 Å². The van der Waals surface area contributed by atoms with Gasteiger partial charge in [0.1, 0.15) is 0 Å². The van der Waals surface area contributed by atoms with Crippen molar-refractivity contribution in [2.75, 3.05) is 45.6 Å². The molecule has 0 aliphatic heterocycles. The number of hydrogen-bond acceptors (Lipinski definition) is 0. The molecule has 0 nitrogen and oxygen atoms in total. The number of rotatable bonds is 14. The summed E-state index contributed by atoms with van der Waals surface area (Å²) in [4.78, 5) is 0. The van der Waals surface area contributed by atoms with Crippen molar-refractivity contribution >= 4 is 83.3 Å². The van der Waals surface area contributed by atoms with Gasteiger partial charge in [0, 0.05) is 0 Å². The summed E-state index contributed by atoms with van der Waals surface area (Å²) in [6, 6.07) is 81.3. The molecule has 0 radical (unpaired) electrons. The zero-order chi connectivity index (χ0) is 42.2. The van der Waals surface area contributed by atoms with Crippen LogP contribution in [0.4, 0.5) is 0 Å². The molecule has 0 amide bonds. The molecule has 0 aliphatic rings. The first-order valence-corrected chi connectivity index (χ1v) is 27.8. The fraction of sp³-hybridized carbons (Fsp3) is 0.123. The fourth-order valence-electron chi connectivity index (χ4n) is 9.05. The molecular formula is C57H56B2P2. The summed E-state index contributed by atoms with van der Waals surface area (Å²) in [6.07, 6.45) is 2.10. The summed E-state index contributed by atoms with van der Waals surface area (Å²) in [5.74, 6) is 0. The molecule has 0 aliphatic carbocycles. The molecule has 0 N–H and O–H groups in total. The van der Waals surface area contributed by atoms with Gasteiger partial charge in [-0.05, 0) is 0 Å². The molecule has 61 heavy (non-hydrogen) atoms. The third kappa shape index (κ3) is 10.2. The van der Waals surface area contributed by atoms with Crippen molar-refractivity contribution in [1.29, 1.82) is 0 Å². The molecule has 0 saturated carbocycles. The normalized spacial score (nSPS) is 12.8. The van der Waals surface area contributed by atoms with Gasteiger partial charge in [0.15, 0.2) is 0 Å². The van der Waals surface area contributed by atoms with E-state index in [1.807, 2.05) is 0 Å². The standard InChI is InChI=1S/C57H56B2P2/c1-60(2)42-54(56(44-24-12-6-13-25-44)58(50-28-16-8-17-29-50)51-30-18-9-19-31-51)48-38-36-47-41-49(39-37-46(47)40-48)55(43-61(3,4)5)57(45-26-14-7-15-27-45)59(52-32-20-10-21-33-52)53-34-22-11-23-35-53/h6-41,61H,42-43H2,1-5H3/b56-54+,57-55+. The Hall–Kier alpha value is -5.51. The van der Waals surface area contributed by atoms with Crippen molar-refractivity contribution in [2.45, 2.75) is 0 Å². The van der Waals surface area contributed by atoms with E-state index in [1.165, 1.54) is 77.0 Å². The summed E-state index contributed by atoms with van der Waals surface area (Å²) in [5.41, 5.74) is 16.1. The maximum atomic E-state index is 2.51. The Balaban J connectivity index is 1.36. The fourth-order valence-corrected chi connectivity index (χ4v) is 11.5.